The van der Waals surface area contributed by atoms with Crippen molar-refractivity contribution < 1.29 is 19.0 Å². The highest BCUT2D eigenvalue weighted by molar-refractivity contribution is 9.10. The lowest BCUT2D eigenvalue weighted by molar-refractivity contribution is 0.0635. The molecule has 8 nitrogen and oxygen atoms in total. The van der Waals surface area contributed by atoms with E-state index in [9.17, 15) is 4.79 Å². The monoisotopic (exact) mass is 504 g/mol. The molecule has 2 aromatic heterocycles. The second kappa shape index (κ2) is 10.3. The Balaban J connectivity index is 0.000000309. The van der Waals surface area contributed by atoms with Gasteiger partial charge in [0.2, 0.25) is 0 Å². The van der Waals surface area contributed by atoms with E-state index in [-0.39, 0.29) is 0 Å². The van der Waals surface area contributed by atoms with Crippen molar-refractivity contribution in [1.82, 2.24) is 9.97 Å². The number of hydrogen-bond acceptors (Lipinski definition) is 7. The Kier molecular flexibility index (Phi) is 8.77. The molecule has 0 fully saturated rings. The lowest BCUT2D eigenvalue weighted by Gasteiger charge is -2.20. The van der Waals surface area contributed by atoms with Crippen molar-refractivity contribution in [3.63, 3.8) is 0 Å². The van der Waals surface area contributed by atoms with Crippen LogP contribution in [0.5, 0.6) is 11.5 Å². The first-order chi connectivity index (χ1) is 12.6. The molecule has 1 amide bonds. The number of halogens is 2. The summed E-state index contributed by atoms with van der Waals surface area (Å²) in [5.41, 5.74) is 6.09. The van der Waals surface area contributed by atoms with E-state index >= 15 is 0 Å². The highest BCUT2D eigenvalue weighted by Gasteiger charge is 2.17. The predicted octanol–water partition coefficient (Wildman–Crippen LogP) is 4.63. The first kappa shape index (κ1) is 23.0. The van der Waals surface area contributed by atoms with Crippen molar-refractivity contribution in [3.8, 4) is 11.5 Å². The summed E-state index contributed by atoms with van der Waals surface area (Å²) >= 11 is 6.40. The Morgan fingerprint density at radius 1 is 1.04 bits per heavy atom. The summed E-state index contributed by atoms with van der Waals surface area (Å²) in [6, 6.07) is 3.33. The highest BCUT2D eigenvalue weighted by Crippen LogP contribution is 2.26. The number of aromatic nitrogens is 2. The van der Waals surface area contributed by atoms with Crippen molar-refractivity contribution in [3.05, 3.63) is 33.7 Å². The van der Waals surface area contributed by atoms with Gasteiger partial charge in [-0.1, -0.05) is 0 Å². The van der Waals surface area contributed by atoms with Crippen LogP contribution < -0.4 is 20.5 Å². The van der Waals surface area contributed by atoms with Gasteiger partial charge >= 0.3 is 6.09 Å². The second-order valence-corrected chi connectivity index (χ2v) is 7.71. The molecule has 0 aromatic carbocycles. The molecule has 0 radical (unpaired) electrons. The van der Waals surface area contributed by atoms with Crippen LogP contribution in [0.15, 0.2) is 33.7 Å². The molecule has 0 aliphatic carbocycles. The fraction of sp³-hybridized carbons (Fsp3) is 0.353. The van der Waals surface area contributed by atoms with Crippen LogP contribution in [0.2, 0.25) is 0 Å². The summed E-state index contributed by atoms with van der Waals surface area (Å²) in [6.45, 7) is 5.39. The minimum atomic E-state index is -0.540. The molecule has 0 unspecified atom stereocenters. The number of nitrogens with one attached hydrogen (secondary N) is 1. The molecule has 0 saturated heterocycles. The molecule has 0 atom stereocenters. The lowest BCUT2D eigenvalue weighted by Crippen LogP contribution is -2.27. The lowest BCUT2D eigenvalue weighted by atomic mass is 10.2. The van der Waals surface area contributed by atoms with E-state index in [2.05, 4.69) is 47.1 Å². The third-order valence-electron chi connectivity index (χ3n) is 2.77. The summed E-state index contributed by atoms with van der Waals surface area (Å²) in [7, 11) is 3.06. The van der Waals surface area contributed by atoms with Gasteiger partial charge in [-0.15, -0.1) is 0 Å². The van der Waals surface area contributed by atoms with Gasteiger partial charge in [0.05, 0.1) is 38.0 Å². The van der Waals surface area contributed by atoms with E-state index < -0.39 is 11.7 Å². The van der Waals surface area contributed by atoms with Crippen LogP contribution in [-0.2, 0) is 4.74 Å². The fourth-order valence-corrected chi connectivity index (χ4v) is 2.37. The Hall–Kier alpha value is -2.07. The van der Waals surface area contributed by atoms with Gasteiger partial charge in [-0.3, -0.25) is 5.32 Å². The molecule has 0 spiro atoms. The van der Waals surface area contributed by atoms with Crippen molar-refractivity contribution in [1.29, 1.82) is 0 Å². The number of pyridine rings is 2. The Morgan fingerprint density at radius 3 is 2.04 bits per heavy atom. The maximum atomic E-state index is 11.6. The predicted molar refractivity (Wildman–Crippen MR) is 111 cm³/mol. The number of rotatable bonds is 3. The number of nitrogens with two attached hydrogens (primary N) is 1. The zero-order chi connectivity index (χ0) is 20.6. The van der Waals surface area contributed by atoms with E-state index in [1.54, 1.807) is 46.2 Å². The van der Waals surface area contributed by atoms with Crippen molar-refractivity contribution in [2.75, 3.05) is 25.3 Å². The first-order valence-corrected chi connectivity index (χ1v) is 9.29. The van der Waals surface area contributed by atoms with Crippen LogP contribution in [0.1, 0.15) is 20.8 Å². The summed E-state index contributed by atoms with van der Waals surface area (Å²) in [6.07, 6.45) is 2.55. The number of amides is 1. The third-order valence-corrected chi connectivity index (χ3v) is 3.64. The number of carbonyl (C=O) groups is 1. The number of anilines is 2. The third kappa shape index (κ3) is 8.44. The second-order valence-electron chi connectivity index (χ2n) is 6.08. The van der Waals surface area contributed by atoms with E-state index in [1.807, 2.05) is 0 Å². The molecule has 0 aliphatic rings. The molecule has 10 heteroatoms. The topological polar surface area (TPSA) is 109 Å². The molecule has 2 heterocycles. The number of hydrogen-bond donors (Lipinski definition) is 2. The quantitative estimate of drug-likeness (QED) is 0.585. The van der Waals surface area contributed by atoms with Gasteiger partial charge in [0, 0.05) is 0 Å². The number of methoxy groups -OCH3 is 2. The molecule has 0 aliphatic heterocycles. The zero-order valence-corrected chi connectivity index (χ0v) is 18.8. The normalized spacial score (nSPS) is 10.3. The van der Waals surface area contributed by atoms with E-state index in [1.165, 1.54) is 13.3 Å². The Bertz CT molecular complexity index is 782. The highest BCUT2D eigenvalue weighted by atomic mass is 79.9. The minimum absolute atomic E-state index is 0.471. The van der Waals surface area contributed by atoms with Gasteiger partial charge in [-0.05, 0) is 64.8 Å². The average molecular weight is 506 g/mol. The smallest absolute Gasteiger partial charge is 0.412 e. The molecule has 2 rings (SSSR count). The number of carbonyl (C=O) groups excluding carboxylic acids is 1. The van der Waals surface area contributed by atoms with Crippen molar-refractivity contribution in [2.45, 2.75) is 26.4 Å². The van der Waals surface area contributed by atoms with Gasteiger partial charge in [0.25, 0.3) is 0 Å². The molecular formula is C17H22Br2N4O4. The first-order valence-electron chi connectivity index (χ1n) is 7.70. The number of nitrogen functional groups attached to an aromatic ring is 1. The average Bonchev–Trinajstić information content (AvgIpc) is 2.54. The fourth-order valence-electron chi connectivity index (χ4n) is 1.69. The minimum Gasteiger partial charge on any atom is -0.493 e. The van der Waals surface area contributed by atoms with Gasteiger partial charge in [0.1, 0.15) is 14.8 Å². The largest absolute Gasteiger partial charge is 0.493 e. The van der Waals surface area contributed by atoms with Gasteiger partial charge in [-0.2, -0.15) is 0 Å². The van der Waals surface area contributed by atoms with Crippen LogP contribution in [-0.4, -0.2) is 35.9 Å². The molecule has 27 heavy (non-hydrogen) atoms. The maximum absolute atomic E-state index is 11.6. The van der Waals surface area contributed by atoms with E-state index in [4.69, 9.17) is 19.9 Å². The molecule has 3 N–H and O–H groups in total. The molecule has 2 aromatic rings. The number of ether oxygens (including phenoxy) is 3. The molecule has 0 saturated carbocycles. The summed E-state index contributed by atoms with van der Waals surface area (Å²) in [5.74, 6) is 1.07. The van der Waals surface area contributed by atoms with Crippen LogP contribution in [0.25, 0.3) is 0 Å². The van der Waals surface area contributed by atoms with E-state index in [0.29, 0.717) is 32.1 Å². The summed E-state index contributed by atoms with van der Waals surface area (Å²) < 4.78 is 16.4. The molecular weight excluding hydrogens is 484 g/mol. The Labute approximate surface area is 175 Å². The maximum Gasteiger partial charge on any atom is 0.412 e. The standard InChI is InChI=1S/C11H15BrN2O3.C6H7BrN2O/c1-11(2,3)17-10(15)14-7-5-9(12)13-6-8(7)16-4;1-10-5-3-9-6(7)2-4(5)8/h5-6H,1-4H3,(H,13,14,15);2-3H,1H3,(H2,8,9). The van der Waals surface area contributed by atoms with E-state index in [0.717, 1.165) is 0 Å². The molecule has 148 valence electrons. The number of nitrogens with zero attached hydrogens (tertiary/aromatic N) is 2. The van der Waals surface area contributed by atoms with Crippen LogP contribution in [0.4, 0.5) is 16.2 Å². The van der Waals surface area contributed by atoms with Crippen LogP contribution in [0, 0.1) is 0 Å². The van der Waals surface area contributed by atoms with Crippen LogP contribution in [0.3, 0.4) is 0 Å². The summed E-state index contributed by atoms with van der Waals surface area (Å²) in [5, 5.41) is 2.60. The van der Waals surface area contributed by atoms with Crippen molar-refractivity contribution in [2.24, 2.45) is 0 Å². The van der Waals surface area contributed by atoms with Gasteiger partial charge in [0.15, 0.2) is 11.5 Å². The Morgan fingerprint density at radius 2 is 1.56 bits per heavy atom. The van der Waals surface area contributed by atoms with Crippen molar-refractivity contribution >= 4 is 49.3 Å². The zero-order valence-electron chi connectivity index (χ0n) is 15.7. The molecule has 0 bridgehead atoms. The van der Waals surface area contributed by atoms with Crippen LogP contribution >= 0.6 is 31.9 Å². The SMILES string of the molecule is COc1cnc(Br)cc1N.COc1cnc(Br)cc1NC(=O)OC(C)(C)C. The van der Waals surface area contributed by atoms with Gasteiger partial charge < -0.3 is 19.9 Å². The summed E-state index contributed by atoms with van der Waals surface area (Å²) in [4.78, 5) is 19.5. The van der Waals surface area contributed by atoms with Gasteiger partial charge in [-0.25, -0.2) is 14.8 Å².